The molecule has 0 radical (unpaired) electrons. The number of ether oxygens (including phenoxy) is 2. The number of nitrogens with zero attached hydrogens (tertiary/aromatic N) is 3. The molecule has 5 nitrogen and oxygen atoms in total. The summed E-state index contributed by atoms with van der Waals surface area (Å²) in [4.78, 5) is 9.47. The molecule has 2 atom stereocenters. The smallest absolute Gasteiger partial charge is 0.184 e. The number of hydrogen-bond acceptors (Lipinski definition) is 5. The number of rotatable bonds is 5. The molecular formula is C20H26N3O2P. The Morgan fingerprint density at radius 3 is 2.69 bits per heavy atom. The van der Waals surface area contributed by atoms with E-state index >= 15 is 0 Å². The first-order valence-electron chi connectivity index (χ1n) is 9.34. The van der Waals surface area contributed by atoms with E-state index < -0.39 is 0 Å². The SMILES string of the molecule is C[C@@H](CPc1ccccn1)N1CCN(c2cccc3c2OCCO3)CC1. The van der Waals surface area contributed by atoms with Gasteiger partial charge in [0.2, 0.25) is 0 Å². The molecule has 6 heteroatoms. The van der Waals surface area contributed by atoms with Gasteiger partial charge in [0.15, 0.2) is 11.5 Å². The Balaban J connectivity index is 1.33. The minimum Gasteiger partial charge on any atom is -0.486 e. The summed E-state index contributed by atoms with van der Waals surface area (Å²) in [5.74, 6) is 1.79. The zero-order chi connectivity index (χ0) is 17.8. The fourth-order valence-electron chi connectivity index (χ4n) is 3.56. The van der Waals surface area contributed by atoms with E-state index in [1.54, 1.807) is 0 Å². The van der Waals surface area contributed by atoms with Crippen molar-refractivity contribution in [2.24, 2.45) is 0 Å². The van der Waals surface area contributed by atoms with Crippen molar-refractivity contribution < 1.29 is 9.47 Å². The van der Waals surface area contributed by atoms with E-state index in [9.17, 15) is 0 Å². The van der Waals surface area contributed by atoms with Gasteiger partial charge in [0.05, 0.1) is 11.1 Å². The number of benzene rings is 1. The van der Waals surface area contributed by atoms with Gasteiger partial charge in [0.25, 0.3) is 0 Å². The third kappa shape index (κ3) is 3.94. The van der Waals surface area contributed by atoms with Crippen molar-refractivity contribution in [1.82, 2.24) is 9.88 Å². The largest absolute Gasteiger partial charge is 0.486 e. The second-order valence-corrected chi connectivity index (χ2v) is 8.04. The second kappa shape index (κ2) is 8.24. The van der Waals surface area contributed by atoms with Crippen LogP contribution in [0.3, 0.4) is 0 Å². The average Bonchev–Trinajstić information content (AvgIpc) is 2.72. The molecule has 1 fully saturated rings. The molecule has 0 spiro atoms. The van der Waals surface area contributed by atoms with Gasteiger partial charge in [0.1, 0.15) is 13.2 Å². The topological polar surface area (TPSA) is 37.8 Å². The van der Waals surface area contributed by atoms with E-state index in [1.807, 2.05) is 18.3 Å². The Morgan fingerprint density at radius 1 is 1.04 bits per heavy atom. The molecule has 0 saturated carbocycles. The standard InChI is InChI=1S/C20H26N3O2P/c1-16(15-26-19-7-2-3-8-21-19)22-9-11-23(12-10-22)17-5-4-6-18-20(17)25-14-13-24-18/h2-8,16,26H,9-15H2,1H3/t16-/m0/s1. The fraction of sp³-hybridized carbons (Fsp3) is 0.450. The first-order chi connectivity index (χ1) is 12.8. The Labute approximate surface area is 157 Å². The van der Waals surface area contributed by atoms with Crippen molar-refractivity contribution in [1.29, 1.82) is 0 Å². The zero-order valence-electron chi connectivity index (χ0n) is 15.2. The highest BCUT2D eigenvalue weighted by Crippen LogP contribution is 2.39. The summed E-state index contributed by atoms with van der Waals surface area (Å²) in [6.45, 7) is 7.83. The molecule has 3 heterocycles. The van der Waals surface area contributed by atoms with Gasteiger partial charge in [-0.25, -0.2) is 0 Å². The quantitative estimate of drug-likeness (QED) is 0.755. The van der Waals surface area contributed by atoms with Crippen molar-refractivity contribution in [2.45, 2.75) is 13.0 Å². The molecule has 1 saturated heterocycles. The molecule has 0 amide bonds. The molecule has 0 aliphatic carbocycles. The number of aromatic nitrogens is 1. The summed E-state index contributed by atoms with van der Waals surface area (Å²) in [5.41, 5.74) is 2.39. The van der Waals surface area contributed by atoms with Crippen molar-refractivity contribution in [2.75, 3.05) is 50.5 Å². The van der Waals surface area contributed by atoms with Crippen LogP contribution in [-0.4, -0.2) is 61.5 Å². The summed E-state index contributed by atoms with van der Waals surface area (Å²) < 4.78 is 11.6. The highest BCUT2D eigenvalue weighted by atomic mass is 31.1. The number of piperazine rings is 1. The van der Waals surface area contributed by atoms with Crippen LogP contribution in [0.25, 0.3) is 0 Å². The van der Waals surface area contributed by atoms with E-state index in [4.69, 9.17) is 9.47 Å². The molecule has 26 heavy (non-hydrogen) atoms. The Bertz CT molecular complexity index is 720. The monoisotopic (exact) mass is 371 g/mol. The van der Waals surface area contributed by atoms with Crippen LogP contribution in [0.15, 0.2) is 42.6 Å². The number of anilines is 1. The zero-order valence-corrected chi connectivity index (χ0v) is 16.2. The number of pyridine rings is 1. The predicted octanol–water partition coefficient (Wildman–Crippen LogP) is 2.37. The van der Waals surface area contributed by atoms with Crippen molar-refractivity contribution in [3.8, 4) is 11.5 Å². The molecule has 1 aromatic carbocycles. The summed E-state index contributed by atoms with van der Waals surface area (Å²) in [5, 5.41) is 0. The molecule has 2 aliphatic rings. The maximum Gasteiger partial charge on any atom is 0.184 e. The molecule has 4 rings (SSSR count). The average molecular weight is 371 g/mol. The van der Waals surface area contributed by atoms with Crippen LogP contribution in [0.5, 0.6) is 11.5 Å². The Morgan fingerprint density at radius 2 is 1.88 bits per heavy atom. The van der Waals surface area contributed by atoms with E-state index in [-0.39, 0.29) is 0 Å². The van der Waals surface area contributed by atoms with Gasteiger partial charge in [0, 0.05) is 38.4 Å². The van der Waals surface area contributed by atoms with Crippen LogP contribution in [0, 0.1) is 0 Å². The van der Waals surface area contributed by atoms with Gasteiger partial charge in [-0.3, -0.25) is 9.88 Å². The van der Waals surface area contributed by atoms with Crippen molar-refractivity contribution >= 4 is 19.7 Å². The maximum absolute atomic E-state index is 5.88. The summed E-state index contributed by atoms with van der Waals surface area (Å²) in [6.07, 6.45) is 3.06. The van der Waals surface area contributed by atoms with E-state index in [1.165, 1.54) is 17.3 Å². The van der Waals surface area contributed by atoms with Gasteiger partial charge in [-0.05, 0) is 37.4 Å². The first kappa shape index (κ1) is 17.6. The third-order valence-electron chi connectivity index (χ3n) is 5.07. The Hall–Kier alpha value is -1.84. The van der Waals surface area contributed by atoms with E-state index in [2.05, 4.69) is 46.0 Å². The lowest BCUT2D eigenvalue weighted by Gasteiger charge is -2.40. The van der Waals surface area contributed by atoms with Crippen LogP contribution in [0.1, 0.15) is 6.92 Å². The highest BCUT2D eigenvalue weighted by molar-refractivity contribution is 7.46. The van der Waals surface area contributed by atoms with Crippen LogP contribution in [0.2, 0.25) is 0 Å². The maximum atomic E-state index is 5.88. The molecular weight excluding hydrogens is 345 g/mol. The molecule has 2 aromatic rings. The van der Waals surface area contributed by atoms with Crippen LogP contribution in [-0.2, 0) is 0 Å². The minimum absolute atomic E-state index is 0.585. The fourth-order valence-corrected chi connectivity index (χ4v) is 4.70. The molecule has 138 valence electrons. The van der Waals surface area contributed by atoms with Crippen molar-refractivity contribution in [3.05, 3.63) is 42.6 Å². The molecule has 1 unspecified atom stereocenters. The lowest BCUT2D eigenvalue weighted by Crippen LogP contribution is -2.50. The second-order valence-electron chi connectivity index (χ2n) is 6.77. The minimum atomic E-state index is 0.585. The van der Waals surface area contributed by atoms with Gasteiger partial charge in [-0.15, -0.1) is 0 Å². The highest BCUT2D eigenvalue weighted by Gasteiger charge is 2.25. The predicted molar refractivity (Wildman–Crippen MR) is 108 cm³/mol. The lowest BCUT2D eigenvalue weighted by atomic mass is 10.2. The van der Waals surface area contributed by atoms with Crippen molar-refractivity contribution in [3.63, 3.8) is 0 Å². The van der Waals surface area contributed by atoms with Gasteiger partial charge in [-0.2, -0.15) is 0 Å². The Kier molecular flexibility index (Phi) is 5.57. The summed E-state index contributed by atoms with van der Waals surface area (Å²) >= 11 is 0. The number of para-hydroxylation sites is 1. The molecule has 0 N–H and O–H groups in total. The van der Waals surface area contributed by atoms with Gasteiger partial charge < -0.3 is 14.4 Å². The molecule has 0 bridgehead atoms. The van der Waals surface area contributed by atoms with Gasteiger partial charge in [-0.1, -0.05) is 20.7 Å². The third-order valence-corrected chi connectivity index (χ3v) is 6.52. The van der Waals surface area contributed by atoms with Crippen LogP contribution >= 0.6 is 8.58 Å². The molecule has 1 aromatic heterocycles. The van der Waals surface area contributed by atoms with Crippen LogP contribution < -0.4 is 19.8 Å². The number of fused-ring (bicyclic) bond motifs is 1. The van der Waals surface area contributed by atoms with Gasteiger partial charge >= 0.3 is 0 Å². The van der Waals surface area contributed by atoms with E-state index in [0.717, 1.165) is 46.3 Å². The first-order valence-corrected chi connectivity index (χ1v) is 10.5. The molecule has 2 aliphatic heterocycles. The summed E-state index contributed by atoms with van der Waals surface area (Å²) in [6, 6.07) is 13.0. The van der Waals surface area contributed by atoms with E-state index in [0.29, 0.717) is 19.3 Å². The lowest BCUT2D eigenvalue weighted by molar-refractivity contribution is 0.170. The number of hydrogen-bond donors (Lipinski definition) is 0. The summed E-state index contributed by atoms with van der Waals surface area (Å²) in [7, 11) is 0.777. The normalized spacial score (nSPS) is 19.0. The van der Waals surface area contributed by atoms with Crippen LogP contribution in [0.4, 0.5) is 5.69 Å².